The lowest BCUT2D eigenvalue weighted by Crippen LogP contribution is -2.68. The number of hydrogen-bond acceptors (Lipinski definition) is 1. The highest BCUT2D eigenvalue weighted by molar-refractivity contribution is 5.14. The van der Waals surface area contributed by atoms with Crippen LogP contribution in [0.25, 0.3) is 0 Å². The van der Waals surface area contributed by atoms with Crippen LogP contribution in [0.5, 0.6) is 0 Å². The Morgan fingerprint density at radius 3 is 2.27 bits per heavy atom. The molecule has 0 aromatic rings. The van der Waals surface area contributed by atoms with Gasteiger partial charge < -0.3 is 0 Å². The number of nitrogens with zero attached hydrogens (tertiary/aromatic N) is 1. The van der Waals surface area contributed by atoms with Crippen LogP contribution in [0.4, 0.5) is 0 Å². The van der Waals surface area contributed by atoms with Crippen LogP contribution in [-0.4, -0.2) is 23.5 Å². The van der Waals surface area contributed by atoms with Gasteiger partial charge in [-0.25, -0.2) is 0 Å². The first kappa shape index (κ1) is 7.60. The first-order chi connectivity index (χ1) is 5.18. The Morgan fingerprint density at radius 1 is 1.45 bits per heavy atom. The normalized spacial score (nSPS) is 43.1. The van der Waals surface area contributed by atoms with Gasteiger partial charge in [0.2, 0.25) is 0 Å². The molecule has 3 aliphatic carbocycles. The van der Waals surface area contributed by atoms with Gasteiger partial charge in [0.25, 0.3) is 0 Å². The van der Waals surface area contributed by atoms with Gasteiger partial charge in [-0.15, -0.1) is 0 Å². The van der Waals surface area contributed by atoms with Crippen LogP contribution < -0.4 is 0 Å². The van der Waals surface area contributed by atoms with Crippen molar-refractivity contribution in [2.24, 2.45) is 5.92 Å². The summed E-state index contributed by atoms with van der Waals surface area (Å²) in [5.74, 6) is 1.11. The fraction of sp³-hybridized carbons (Fsp3) is 1.00. The summed E-state index contributed by atoms with van der Waals surface area (Å²) in [7, 11) is 2.31. The fourth-order valence-electron chi connectivity index (χ4n) is 2.61. The van der Waals surface area contributed by atoms with Crippen LogP contribution in [0.15, 0.2) is 0 Å². The minimum absolute atomic E-state index is 0.681. The average molecular weight is 153 g/mol. The summed E-state index contributed by atoms with van der Waals surface area (Å²) < 4.78 is 0. The van der Waals surface area contributed by atoms with Crippen LogP contribution in [-0.2, 0) is 0 Å². The monoisotopic (exact) mass is 153 g/mol. The zero-order valence-corrected chi connectivity index (χ0v) is 7.93. The van der Waals surface area contributed by atoms with E-state index in [0.717, 1.165) is 12.0 Å². The molecule has 0 aliphatic heterocycles. The number of rotatable bonds is 3. The molecule has 11 heavy (non-hydrogen) atoms. The van der Waals surface area contributed by atoms with Gasteiger partial charge in [-0.05, 0) is 45.6 Å². The summed E-state index contributed by atoms with van der Waals surface area (Å²) in [4.78, 5) is 2.62. The Bertz CT molecular complexity index is 147. The third kappa shape index (κ3) is 0.868. The molecule has 0 aromatic heterocycles. The first-order valence-corrected chi connectivity index (χ1v) is 4.91. The summed E-state index contributed by atoms with van der Waals surface area (Å²) in [6.07, 6.45) is 5.78. The lowest BCUT2D eigenvalue weighted by molar-refractivity contribution is -0.146. The van der Waals surface area contributed by atoms with Crippen molar-refractivity contribution < 1.29 is 0 Å². The average Bonchev–Trinajstić information content (AvgIpc) is 1.79. The molecule has 2 bridgehead atoms. The maximum atomic E-state index is 2.62. The smallest absolute Gasteiger partial charge is 0.0217 e. The molecule has 0 saturated heterocycles. The standard InChI is InChI=1S/C10H19N/c1-4-8(2)11(3)10-5-9(6-10)7-10/h8-9H,4-7H2,1-3H3/t8-,9?,10?/m1/s1. The topological polar surface area (TPSA) is 3.24 Å². The van der Waals surface area contributed by atoms with Crippen molar-refractivity contribution >= 4 is 0 Å². The SMILES string of the molecule is CC[C@@H](C)N(C)C12CC(C1)C2. The van der Waals surface area contributed by atoms with Crippen LogP contribution in [0, 0.1) is 5.92 Å². The van der Waals surface area contributed by atoms with Crippen LogP contribution in [0.2, 0.25) is 0 Å². The molecule has 0 amide bonds. The summed E-state index contributed by atoms with van der Waals surface area (Å²) in [5, 5.41) is 0. The van der Waals surface area contributed by atoms with Crippen LogP contribution >= 0.6 is 0 Å². The molecular weight excluding hydrogens is 134 g/mol. The lowest BCUT2D eigenvalue weighted by atomic mass is 9.49. The predicted molar refractivity (Wildman–Crippen MR) is 47.6 cm³/mol. The van der Waals surface area contributed by atoms with Crippen LogP contribution in [0.1, 0.15) is 39.5 Å². The van der Waals surface area contributed by atoms with E-state index in [0.29, 0.717) is 5.54 Å². The van der Waals surface area contributed by atoms with Crippen molar-refractivity contribution in [3.8, 4) is 0 Å². The van der Waals surface area contributed by atoms with E-state index < -0.39 is 0 Å². The van der Waals surface area contributed by atoms with Crippen molar-refractivity contribution in [2.75, 3.05) is 7.05 Å². The molecule has 0 unspecified atom stereocenters. The quantitative estimate of drug-likeness (QED) is 0.601. The Hall–Kier alpha value is -0.0400. The Kier molecular flexibility index (Phi) is 1.54. The second-order valence-corrected chi connectivity index (χ2v) is 4.57. The van der Waals surface area contributed by atoms with Gasteiger partial charge in [0, 0.05) is 11.6 Å². The van der Waals surface area contributed by atoms with Crippen molar-refractivity contribution in [1.82, 2.24) is 4.90 Å². The van der Waals surface area contributed by atoms with Crippen molar-refractivity contribution in [3.05, 3.63) is 0 Å². The Balaban J connectivity index is 1.93. The maximum Gasteiger partial charge on any atom is 0.0217 e. The fourth-order valence-corrected chi connectivity index (χ4v) is 2.61. The Morgan fingerprint density at radius 2 is 2.00 bits per heavy atom. The van der Waals surface area contributed by atoms with E-state index in [1.165, 1.54) is 25.7 Å². The predicted octanol–water partition coefficient (Wildman–Crippen LogP) is 2.27. The van der Waals surface area contributed by atoms with Gasteiger partial charge in [-0.3, -0.25) is 4.90 Å². The van der Waals surface area contributed by atoms with E-state index in [2.05, 4.69) is 25.8 Å². The highest BCUT2D eigenvalue weighted by Crippen LogP contribution is 2.60. The van der Waals surface area contributed by atoms with E-state index >= 15 is 0 Å². The largest absolute Gasteiger partial charge is 0.298 e. The molecule has 3 aliphatic rings. The van der Waals surface area contributed by atoms with Crippen molar-refractivity contribution in [1.29, 1.82) is 0 Å². The first-order valence-electron chi connectivity index (χ1n) is 4.91. The van der Waals surface area contributed by atoms with E-state index in [1.807, 2.05) is 0 Å². The second kappa shape index (κ2) is 2.22. The minimum atomic E-state index is 0.681. The third-order valence-corrected chi connectivity index (χ3v) is 4.01. The molecule has 0 spiro atoms. The van der Waals surface area contributed by atoms with E-state index in [-0.39, 0.29) is 0 Å². The van der Waals surface area contributed by atoms with Crippen molar-refractivity contribution in [2.45, 2.75) is 51.1 Å². The molecule has 0 aromatic carbocycles. The van der Waals surface area contributed by atoms with Gasteiger partial charge in [0.05, 0.1) is 0 Å². The highest BCUT2D eigenvalue weighted by Gasteiger charge is 2.59. The molecule has 0 N–H and O–H groups in total. The molecule has 0 heterocycles. The molecule has 64 valence electrons. The van der Waals surface area contributed by atoms with E-state index in [9.17, 15) is 0 Å². The summed E-state index contributed by atoms with van der Waals surface area (Å²) >= 11 is 0. The van der Waals surface area contributed by atoms with Crippen LogP contribution in [0.3, 0.4) is 0 Å². The van der Waals surface area contributed by atoms with Gasteiger partial charge >= 0.3 is 0 Å². The molecule has 1 nitrogen and oxygen atoms in total. The molecule has 1 atom stereocenters. The molecule has 3 fully saturated rings. The molecular formula is C10H19N. The highest BCUT2D eigenvalue weighted by atomic mass is 15.2. The van der Waals surface area contributed by atoms with Gasteiger partial charge in [-0.2, -0.15) is 0 Å². The van der Waals surface area contributed by atoms with Gasteiger partial charge in [0.15, 0.2) is 0 Å². The summed E-state index contributed by atoms with van der Waals surface area (Å²) in [6.45, 7) is 4.63. The Labute approximate surface area is 69.8 Å². The van der Waals surface area contributed by atoms with Gasteiger partial charge in [-0.1, -0.05) is 6.92 Å². The zero-order valence-electron chi connectivity index (χ0n) is 7.93. The molecule has 0 radical (unpaired) electrons. The molecule has 1 heteroatoms. The lowest BCUT2D eigenvalue weighted by Gasteiger charge is -2.67. The van der Waals surface area contributed by atoms with Crippen molar-refractivity contribution in [3.63, 3.8) is 0 Å². The summed E-state index contributed by atoms with van der Waals surface area (Å²) in [5.41, 5.74) is 0.681. The molecule has 3 rings (SSSR count). The second-order valence-electron chi connectivity index (χ2n) is 4.57. The third-order valence-electron chi connectivity index (χ3n) is 4.01. The van der Waals surface area contributed by atoms with E-state index in [4.69, 9.17) is 0 Å². The minimum Gasteiger partial charge on any atom is -0.298 e. The maximum absolute atomic E-state index is 2.62. The molecule has 3 saturated carbocycles. The van der Waals surface area contributed by atoms with Gasteiger partial charge in [0.1, 0.15) is 0 Å². The number of hydrogen-bond donors (Lipinski definition) is 0. The zero-order chi connectivity index (χ0) is 8.06. The summed E-state index contributed by atoms with van der Waals surface area (Å²) in [6, 6.07) is 0.788. The van der Waals surface area contributed by atoms with E-state index in [1.54, 1.807) is 0 Å².